The Labute approximate surface area is 139 Å². The molecule has 1 fully saturated rings. The first-order valence-electron chi connectivity index (χ1n) is 8.72. The molecule has 1 heterocycles. The van der Waals surface area contributed by atoms with Crippen LogP contribution in [0.3, 0.4) is 0 Å². The maximum absolute atomic E-state index is 12.4. The molecule has 2 rings (SSSR count). The van der Waals surface area contributed by atoms with E-state index < -0.39 is 0 Å². The van der Waals surface area contributed by atoms with Gasteiger partial charge < -0.3 is 10.2 Å². The van der Waals surface area contributed by atoms with Gasteiger partial charge in [-0.2, -0.15) is 0 Å². The molecule has 0 aromatic heterocycles. The monoisotopic (exact) mass is 316 g/mol. The van der Waals surface area contributed by atoms with Crippen LogP contribution < -0.4 is 5.32 Å². The lowest BCUT2D eigenvalue weighted by Gasteiger charge is -2.33. The van der Waals surface area contributed by atoms with Crippen molar-refractivity contribution in [1.82, 2.24) is 4.90 Å². The van der Waals surface area contributed by atoms with Crippen LogP contribution >= 0.6 is 0 Å². The minimum atomic E-state index is 0.000333. The quantitative estimate of drug-likeness (QED) is 0.902. The summed E-state index contributed by atoms with van der Waals surface area (Å²) in [5.41, 5.74) is 1.95. The summed E-state index contributed by atoms with van der Waals surface area (Å²) in [6.45, 7) is 7.51. The molecule has 4 nitrogen and oxygen atoms in total. The van der Waals surface area contributed by atoms with Crippen LogP contribution in [0.2, 0.25) is 0 Å². The molecule has 0 saturated carbocycles. The van der Waals surface area contributed by atoms with Crippen molar-refractivity contribution >= 4 is 17.5 Å². The maximum atomic E-state index is 12.4. The summed E-state index contributed by atoms with van der Waals surface area (Å²) in [4.78, 5) is 26.8. The average molecular weight is 316 g/mol. The van der Waals surface area contributed by atoms with Gasteiger partial charge in [0.2, 0.25) is 11.8 Å². The Morgan fingerprint density at radius 1 is 1.17 bits per heavy atom. The molecule has 1 aromatic rings. The Kier molecular flexibility index (Phi) is 6.20. The van der Waals surface area contributed by atoms with Crippen LogP contribution in [0.4, 0.5) is 5.69 Å². The molecule has 0 bridgehead atoms. The van der Waals surface area contributed by atoms with E-state index in [-0.39, 0.29) is 23.7 Å². The van der Waals surface area contributed by atoms with E-state index in [4.69, 9.17) is 0 Å². The average Bonchev–Trinajstić information content (AvgIpc) is 2.58. The van der Waals surface area contributed by atoms with E-state index in [1.807, 2.05) is 36.1 Å². The summed E-state index contributed by atoms with van der Waals surface area (Å²) in [7, 11) is 0. The Morgan fingerprint density at radius 2 is 1.78 bits per heavy atom. The van der Waals surface area contributed by atoms with Gasteiger partial charge in [0, 0.05) is 30.6 Å². The van der Waals surface area contributed by atoms with E-state index in [2.05, 4.69) is 19.2 Å². The number of nitrogens with zero attached hydrogens (tertiary/aromatic N) is 1. The molecular formula is C19H28N2O2. The first kappa shape index (κ1) is 17.5. The third kappa shape index (κ3) is 4.34. The zero-order valence-corrected chi connectivity index (χ0v) is 14.5. The fourth-order valence-electron chi connectivity index (χ4n) is 3.21. The van der Waals surface area contributed by atoms with Gasteiger partial charge in [0.05, 0.1) is 0 Å². The molecule has 0 spiro atoms. The summed E-state index contributed by atoms with van der Waals surface area (Å²) < 4.78 is 0. The highest BCUT2D eigenvalue weighted by atomic mass is 16.2. The van der Waals surface area contributed by atoms with Crippen molar-refractivity contribution in [2.24, 2.45) is 11.8 Å². The number of carbonyl (C=O) groups excluding carboxylic acids is 2. The van der Waals surface area contributed by atoms with E-state index in [1.165, 1.54) is 0 Å². The van der Waals surface area contributed by atoms with Crippen molar-refractivity contribution in [3.8, 4) is 0 Å². The van der Waals surface area contributed by atoms with Gasteiger partial charge in [-0.3, -0.25) is 9.59 Å². The van der Waals surface area contributed by atoms with Crippen LogP contribution in [-0.4, -0.2) is 29.8 Å². The zero-order chi connectivity index (χ0) is 16.8. The normalized spacial score (nSPS) is 15.7. The molecule has 4 heteroatoms. The first-order valence-corrected chi connectivity index (χ1v) is 8.72. The first-order chi connectivity index (χ1) is 11.1. The van der Waals surface area contributed by atoms with Gasteiger partial charge in [-0.1, -0.05) is 32.0 Å². The van der Waals surface area contributed by atoms with Crippen LogP contribution in [0.5, 0.6) is 0 Å². The molecule has 1 aliphatic rings. The van der Waals surface area contributed by atoms with Gasteiger partial charge in [-0.15, -0.1) is 0 Å². The molecule has 1 aromatic carbocycles. The third-order valence-electron chi connectivity index (χ3n) is 4.92. The van der Waals surface area contributed by atoms with Crippen LogP contribution in [0.1, 0.15) is 45.1 Å². The molecule has 23 heavy (non-hydrogen) atoms. The zero-order valence-electron chi connectivity index (χ0n) is 14.5. The second-order valence-electron chi connectivity index (χ2n) is 6.42. The molecule has 0 radical (unpaired) electrons. The number of anilines is 1. The highest BCUT2D eigenvalue weighted by Crippen LogP contribution is 2.23. The van der Waals surface area contributed by atoms with Crippen molar-refractivity contribution < 1.29 is 9.59 Å². The number of nitrogens with one attached hydrogen (secondary N) is 1. The number of carbonyl (C=O) groups is 2. The van der Waals surface area contributed by atoms with Gasteiger partial charge in [0.1, 0.15) is 0 Å². The summed E-state index contributed by atoms with van der Waals surface area (Å²) in [5, 5.41) is 3.03. The number of benzene rings is 1. The molecule has 0 aliphatic carbocycles. The number of para-hydroxylation sites is 1. The predicted octanol–water partition coefficient (Wildman–Crippen LogP) is 3.61. The van der Waals surface area contributed by atoms with Gasteiger partial charge >= 0.3 is 0 Å². The van der Waals surface area contributed by atoms with Crippen molar-refractivity contribution in [2.75, 3.05) is 18.4 Å². The fraction of sp³-hybridized carbons (Fsp3) is 0.579. The van der Waals surface area contributed by atoms with Crippen LogP contribution in [0.15, 0.2) is 24.3 Å². The molecule has 1 N–H and O–H groups in total. The Bertz CT molecular complexity index is 544. The number of rotatable bonds is 5. The minimum Gasteiger partial charge on any atom is -0.342 e. The Balaban J connectivity index is 1.88. The lowest BCUT2D eigenvalue weighted by atomic mass is 9.93. The number of piperidine rings is 1. The second kappa shape index (κ2) is 8.14. The van der Waals surface area contributed by atoms with Gasteiger partial charge in [0.15, 0.2) is 0 Å². The number of likely N-dealkylation sites (tertiary alicyclic amines) is 1. The standard InChI is InChI=1S/C19H28N2O2/c1-4-15(5-2)19(23)21-12-10-16(11-13-21)18(22)20-17-9-7-6-8-14(17)3/h6-9,15-16H,4-5,10-13H2,1-3H3,(H,20,22). The molecular weight excluding hydrogens is 288 g/mol. The maximum Gasteiger partial charge on any atom is 0.227 e. The second-order valence-corrected chi connectivity index (χ2v) is 6.42. The smallest absolute Gasteiger partial charge is 0.227 e. The summed E-state index contributed by atoms with van der Waals surface area (Å²) >= 11 is 0. The van der Waals surface area contributed by atoms with Crippen LogP contribution in [0.25, 0.3) is 0 Å². The molecule has 126 valence electrons. The molecule has 1 aliphatic heterocycles. The van der Waals surface area contributed by atoms with E-state index in [0.29, 0.717) is 13.1 Å². The predicted molar refractivity (Wildman–Crippen MR) is 93.2 cm³/mol. The van der Waals surface area contributed by atoms with Crippen molar-refractivity contribution in [1.29, 1.82) is 0 Å². The largest absolute Gasteiger partial charge is 0.342 e. The van der Waals surface area contributed by atoms with Crippen molar-refractivity contribution in [2.45, 2.75) is 46.5 Å². The van der Waals surface area contributed by atoms with E-state index in [1.54, 1.807) is 0 Å². The highest BCUT2D eigenvalue weighted by Gasteiger charge is 2.29. The number of hydrogen-bond acceptors (Lipinski definition) is 2. The molecule has 0 unspecified atom stereocenters. The summed E-state index contributed by atoms with van der Waals surface area (Å²) in [6.07, 6.45) is 3.29. The lowest BCUT2D eigenvalue weighted by Crippen LogP contribution is -2.43. The number of amides is 2. The van der Waals surface area contributed by atoms with Gasteiger partial charge in [-0.05, 0) is 44.2 Å². The molecule has 2 amide bonds. The minimum absolute atomic E-state index is 0.000333. The SMILES string of the molecule is CCC(CC)C(=O)N1CCC(C(=O)Nc2ccccc2C)CC1. The van der Waals surface area contributed by atoms with Gasteiger partial charge in [0.25, 0.3) is 0 Å². The molecule has 1 saturated heterocycles. The van der Waals surface area contributed by atoms with Crippen LogP contribution in [0, 0.1) is 18.8 Å². The lowest BCUT2D eigenvalue weighted by molar-refractivity contribution is -0.138. The van der Waals surface area contributed by atoms with Gasteiger partial charge in [-0.25, -0.2) is 0 Å². The molecule has 0 atom stereocenters. The van der Waals surface area contributed by atoms with E-state index >= 15 is 0 Å². The van der Waals surface area contributed by atoms with Crippen LogP contribution in [-0.2, 0) is 9.59 Å². The van der Waals surface area contributed by atoms with Crippen molar-refractivity contribution in [3.63, 3.8) is 0 Å². The van der Waals surface area contributed by atoms with E-state index in [0.717, 1.165) is 36.9 Å². The summed E-state index contributed by atoms with van der Waals surface area (Å²) in [5.74, 6) is 0.467. The fourth-order valence-corrected chi connectivity index (χ4v) is 3.21. The topological polar surface area (TPSA) is 49.4 Å². The number of hydrogen-bond donors (Lipinski definition) is 1. The number of aryl methyl sites for hydroxylation is 1. The van der Waals surface area contributed by atoms with E-state index in [9.17, 15) is 9.59 Å². The Morgan fingerprint density at radius 3 is 2.35 bits per heavy atom. The summed E-state index contributed by atoms with van der Waals surface area (Å²) in [6, 6.07) is 7.82. The third-order valence-corrected chi connectivity index (χ3v) is 4.92. The highest BCUT2D eigenvalue weighted by molar-refractivity contribution is 5.93. The Hall–Kier alpha value is -1.84. The van der Waals surface area contributed by atoms with Crippen molar-refractivity contribution in [3.05, 3.63) is 29.8 Å².